The van der Waals surface area contributed by atoms with Gasteiger partial charge in [-0.2, -0.15) is 13.2 Å². The van der Waals surface area contributed by atoms with E-state index in [0.717, 1.165) is 17.7 Å². The van der Waals surface area contributed by atoms with E-state index in [1.54, 1.807) is 32.9 Å². The van der Waals surface area contributed by atoms with E-state index in [4.69, 9.17) is 4.42 Å². The molecule has 0 bridgehead atoms. The van der Waals surface area contributed by atoms with Gasteiger partial charge >= 0.3 is 6.18 Å². The van der Waals surface area contributed by atoms with E-state index < -0.39 is 17.6 Å². The molecule has 0 saturated carbocycles. The van der Waals surface area contributed by atoms with E-state index in [-0.39, 0.29) is 43.0 Å². The highest BCUT2D eigenvalue weighted by Crippen LogP contribution is 2.30. The molecule has 0 atom stereocenters. The molecule has 4 rings (SSSR count). The Morgan fingerprint density at radius 1 is 0.946 bits per heavy atom. The zero-order valence-corrected chi connectivity index (χ0v) is 20.2. The van der Waals surface area contributed by atoms with Crippen LogP contribution in [0, 0.1) is 5.82 Å². The Labute approximate surface area is 211 Å². The van der Waals surface area contributed by atoms with Gasteiger partial charge in [0.05, 0.1) is 12.1 Å². The zero-order chi connectivity index (χ0) is 26.6. The summed E-state index contributed by atoms with van der Waals surface area (Å²) in [5, 5.41) is 0. The fraction of sp³-hybridized carbons (Fsp3) is 0.346. The normalized spacial score (nSPS) is 14.3. The number of nitrogens with zero attached hydrogens (tertiary/aromatic N) is 4. The summed E-state index contributed by atoms with van der Waals surface area (Å²) in [5.41, 5.74) is 0.551. The van der Waals surface area contributed by atoms with Crippen molar-refractivity contribution in [2.24, 2.45) is 0 Å². The van der Waals surface area contributed by atoms with Crippen molar-refractivity contribution in [3.05, 3.63) is 88.9 Å². The van der Waals surface area contributed by atoms with E-state index in [1.807, 2.05) is 0 Å². The van der Waals surface area contributed by atoms with Crippen molar-refractivity contribution >= 4 is 11.8 Å². The van der Waals surface area contributed by atoms with Crippen molar-refractivity contribution in [3.8, 4) is 0 Å². The first-order valence-electron chi connectivity index (χ1n) is 11.7. The molecule has 11 heteroatoms. The van der Waals surface area contributed by atoms with Crippen molar-refractivity contribution < 1.29 is 31.6 Å². The van der Waals surface area contributed by atoms with Crippen LogP contribution in [0.1, 0.15) is 40.0 Å². The summed E-state index contributed by atoms with van der Waals surface area (Å²) >= 11 is 0. The maximum atomic E-state index is 13.4. The van der Waals surface area contributed by atoms with Crippen LogP contribution in [0.25, 0.3) is 0 Å². The Morgan fingerprint density at radius 2 is 1.59 bits per heavy atom. The molecule has 1 aliphatic heterocycles. The quantitative estimate of drug-likeness (QED) is 0.436. The van der Waals surface area contributed by atoms with Crippen LogP contribution in [0.3, 0.4) is 0 Å². The van der Waals surface area contributed by atoms with Gasteiger partial charge in [-0.05, 0) is 29.3 Å². The minimum atomic E-state index is -4.47. The molecule has 0 aliphatic carbocycles. The third-order valence-corrected chi connectivity index (χ3v) is 6.12. The predicted molar refractivity (Wildman–Crippen MR) is 125 cm³/mol. The highest BCUT2D eigenvalue weighted by Gasteiger charge is 2.30. The first-order chi connectivity index (χ1) is 17.6. The summed E-state index contributed by atoms with van der Waals surface area (Å²) in [6.07, 6.45) is -3.21. The maximum absolute atomic E-state index is 13.4. The van der Waals surface area contributed by atoms with Crippen LogP contribution in [-0.2, 0) is 30.6 Å². The molecule has 196 valence electrons. The molecule has 1 fully saturated rings. The monoisotopic (exact) mass is 518 g/mol. The molecule has 1 aromatic heterocycles. The SMILES string of the molecule is CC(=O)N1CCN(C(=O)c2coc(CN(Cc3ccc(F)cc3)Cc3cccc(C(F)(F)F)c3)n2)CC1. The fourth-order valence-electron chi connectivity index (χ4n) is 4.18. The van der Waals surface area contributed by atoms with Crippen LogP contribution in [0.5, 0.6) is 0 Å². The van der Waals surface area contributed by atoms with E-state index in [2.05, 4.69) is 4.98 Å². The van der Waals surface area contributed by atoms with Crippen molar-refractivity contribution in [2.75, 3.05) is 26.2 Å². The minimum Gasteiger partial charge on any atom is -0.447 e. The number of benzene rings is 2. The number of hydrogen-bond donors (Lipinski definition) is 0. The van der Waals surface area contributed by atoms with Crippen molar-refractivity contribution in [1.29, 1.82) is 0 Å². The minimum absolute atomic E-state index is 0.0437. The molecule has 2 aromatic carbocycles. The Kier molecular flexibility index (Phi) is 7.91. The lowest BCUT2D eigenvalue weighted by Crippen LogP contribution is -2.50. The predicted octanol–water partition coefficient (Wildman–Crippen LogP) is 4.34. The molecule has 0 spiro atoms. The Morgan fingerprint density at radius 3 is 2.24 bits per heavy atom. The van der Waals surface area contributed by atoms with E-state index >= 15 is 0 Å². The van der Waals surface area contributed by atoms with Gasteiger partial charge in [0.15, 0.2) is 5.69 Å². The van der Waals surface area contributed by atoms with Gasteiger partial charge in [-0.25, -0.2) is 9.37 Å². The van der Waals surface area contributed by atoms with Gasteiger partial charge in [-0.3, -0.25) is 14.5 Å². The highest BCUT2D eigenvalue weighted by atomic mass is 19.4. The molecule has 2 heterocycles. The smallest absolute Gasteiger partial charge is 0.416 e. The van der Waals surface area contributed by atoms with Crippen LogP contribution in [-0.4, -0.2) is 57.7 Å². The Bertz CT molecular complexity index is 1240. The van der Waals surface area contributed by atoms with Gasteiger partial charge in [0.25, 0.3) is 5.91 Å². The third kappa shape index (κ3) is 6.94. The van der Waals surface area contributed by atoms with Gasteiger partial charge in [0.2, 0.25) is 11.8 Å². The number of piperazine rings is 1. The largest absolute Gasteiger partial charge is 0.447 e. The van der Waals surface area contributed by atoms with Crippen LogP contribution in [0.4, 0.5) is 17.6 Å². The second kappa shape index (κ2) is 11.1. The molecule has 3 aromatic rings. The molecule has 1 saturated heterocycles. The van der Waals surface area contributed by atoms with Crippen molar-refractivity contribution in [2.45, 2.75) is 32.7 Å². The molecule has 0 radical (unpaired) electrons. The fourth-order valence-corrected chi connectivity index (χ4v) is 4.18. The van der Waals surface area contributed by atoms with Crippen LogP contribution < -0.4 is 0 Å². The summed E-state index contributed by atoms with van der Waals surface area (Å²) in [4.78, 5) is 33.8. The Balaban J connectivity index is 1.48. The maximum Gasteiger partial charge on any atom is 0.416 e. The van der Waals surface area contributed by atoms with Crippen molar-refractivity contribution in [3.63, 3.8) is 0 Å². The van der Waals surface area contributed by atoms with Crippen LogP contribution in [0.15, 0.2) is 59.2 Å². The second-order valence-corrected chi connectivity index (χ2v) is 8.89. The topological polar surface area (TPSA) is 69.9 Å². The van der Waals surface area contributed by atoms with Crippen LogP contribution in [0.2, 0.25) is 0 Å². The molecule has 2 amide bonds. The van der Waals surface area contributed by atoms with E-state index in [9.17, 15) is 27.2 Å². The summed E-state index contributed by atoms with van der Waals surface area (Å²) < 4.78 is 58.5. The average molecular weight is 519 g/mol. The number of carbonyl (C=O) groups excluding carboxylic acids is 2. The van der Waals surface area contributed by atoms with Gasteiger partial charge in [-0.1, -0.05) is 30.3 Å². The van der Waals surface area contributed by atoms with Gasteiger partial charge in [0.1, 0.15) is 12.1 Å². The summed E-state index contributed by atoms with van der Waals surface area (Å²) in [7, 11) is 0. The van der Waals surface area contributed by atoms with Crippen LogP contribution >= 0.6 is 0 Å². The number of alkyl halides is 3. The molecule has 1 aliphatic rings. The molecule has 7 nitrogen and oxygen atoms in total. The molecule has 0 N–H and O–H groups in total. The number of aromatic nitrogens is 1. The summed E-state index contributed by atoms with van der Waals surface area (Å²) in [5.74, 6) is -0.535. The third-order valence-electron chi connectivity index (χ3n) is 6.12. The standard InChI is InChI=1S/C26H26F4N4O3/c1-18(35)33-9-11-34(12-10-33)25(36)23-17-37-24(31-23)16-32(14-19-5-7-22(27)8-6-19)15-20-3-2-4-21(13-20)26(28,29)30/h2-8,13,17H,9-12,14-16H2,1H3. The lowest BCUT2D eigenvalue weighted by atomic mass is 10.1. The van der Waals surface area contributed by atoms with Gasteiger partial charge < -0.3 is 14.2 Å². The second-order valence-electron chi connectivity index (χ2n) is 8.89. The molecular weight excluding hydrogens is 492 g/mol. The first kappa shape index (κ1) is 26.3. The van der Waals surface area contributed by atoms with Gasteiger partial charge in [0, 0.05) is 46.2 Å². The number of hydrogen-bond acceptors (Lipinski definition) is 5. The zero-order valence-electron chi connectivity index (χ0n) is 20.2. The van der Waals surface area contributed by atoms with Crippen molar-refractivity contribution in [1.82, 2.24) is 19.7 Å². The van der Waals surface area contributed by atoms with Gasteiger partial charge in [-0.15, -0.1) is 0 Å². The number of amides is 2. The molecule has 37 heavy (non-hydrogen) atoms. The van der Waals surface area contributed by atoms with E-state index in [0.29, 0.717) is 31.7 Å². The number of halogens is 4. The lowest BCUT2D eigenvalue weighted by Gasteiger charge is -2.33. The Hall–Kier alpha value is -3.73. The number of oxazole rings is 1. The van der Waals surface area contributed by atoms with E-state index in [1.165, 1.54) is 31.4 Å². The lowest BCUT2D eigenvalue weighted by molar-refractivity contribution is -0.137. The molecule has 0 unspecified atom stereocenters. The number of rotatable bonds is 7. The highest BCUT2D eigenvalue weighted by molar-refractivity contribution is 5.92. The number of carbonyl (C=O) groups is 2. The summed E-state index contributed by atoms with van der Waals surface area (Å²) in [6.45, 7) is 3.66. The molecular formula is C26H26F4N4O3. The first-order valence-corrected chi connectivity index (χ1v) is 11.7. The average Bonchev–Trinajstić information content (AvgIpc) is 3.33. The summed E-state index contributed by atoms with van der Waals surface area (Å²) in [6, 6.07) is 10.9.